The van der Waals surface area contributed by atoms with E-state index in [9.17, 15) is 4.79 Å². The van der Waals surface area contributed by atoms with Crippen molar-refractivity contribution < 1.29 is 4.79 Å². The average molecular weight is 268 g/mol. The molecule has 0 aliphatic carbocycles. The third kappa shape index (κ3) is 3.92. The first-order valence-corrected chi connectivity index (χ1v) is 6.84. The molecule has 1 atom stereocenters. The summed E-state index contributed by atoms with van der Waals surface area (Å²) in [6.45, 7) is 2.72. The Kier molecular flexibility index (Phi) is 4.88. The maximum Gasteiger partial charge on any atom is 0.223 e. The second kappa shape index (κ2) is 6.85. The van der Waals surface area contributed by atoms with E-state index in [1.54, 1.807) is 17.3 Å². The summed E-state index contributed by atoms with van der Waals surface area (Å²) in [6.07, 6.45) is 4.03. The molecule has 2 rings (SSSR count). The fourth-order valence-electron chi connectivity index (χ4n) is 2.17. The highest BCUT2D eigenvalue weighted by atomic mass is 16.2. The van der Waals surface area contributed by atoms with Gasteiger partial charge >= 0.3 is 0 Å². The Bertz CT molecular complexity index is 539. The molecule has 0 saturated carbocycles. The van der Waals surface area contributed by atoms with Gasteiger partial charge in [0, 0.05) is 32.4 Å². The molecule has 2 aromatic rings. The van der Waals surface area contributed by atoms with E-state index >= 15 is 0 Å². The highest BCUT2D eigenvalue weighted by Gasteiger charge is 2.14. The minimum Gasteiger partial charge on any atom is -0.341 e. The molecule has 0 radical (unpaired) electrons. The Balaban J connectivity index is 1.91. The molecule has 0 fully saturated rings. The van der Waals surface area contributed by atoms with E-state index < -0.39 is 0 Å². The summed E-state index contributed by atoms with van der Waals surface area (Å²) in [5, 5.41) is 0. The SMILES string of the molecule is C[C@@H](CC(=O)N(C)Cc1ccncc1)c1ccccc1. The van der Waals surface area contributed by atoms with Gasteiger partial charge in [0.05, 0.1) is 0 Å². The van der Waals surface area contributed by atoms with Crippen LogP contribution in [0.4, 0.5) is 0 Å². The Morgan fingerprint density at radius 2 is 1.80 bits per heavy atom. The third-order valence-electron chi connectivity index (χ3n) is 3.44. The lowest BCUT2D eigenvalue weighted by atomic mass is 9.97. The van der Waals surface area contributed by atoms with Crippen LogP contribution in [0.3, 0.4) is 0 Å². The lowest BCUT2D eigenvalue weighted by Crippen LogP contribution is -2.27. The van der Waals surface area contributed by atoms with Gasteiger partial charge in [-0.2, -0.15) is 0 Å². The zero-order chi connectivity index (χ0) is 14.4. The van der Waals surface area contributed by atoms with Crippen LogP contribution in [-0.4, -0.2) is 22.8 Å². The third-order valence-corrected chi connectivity index (χ3v) is 3.44. The number of nitrogens with zero attached hydrogens (tertiary/aromatic N) is 2. The molecule has 0 saturated heterocycles. The van der Waals surface area contributed by atoms with Crippen molar-refractivity contribution in [3.63, 3.8) is 0 Å². The van der Waals surface area contributed by atoms with Crippen molar-refractivity contribution in [1.82, 2.24) is 9.88 Å². The van der Waals surface area contributed by atoms with Crippen molar-refractivity contribution in [1.29, 1.82) is 0 Å². The van der Waals surface area contributed by atoms with Gasteiger partial charge in [-0.25, -0.2) is 0 Å². The van der Waals surface area contributed by atoms with Crippen molar-refractivity contribution in [2.45, 2.75) is 25.8 Å². The smallest absolute Gasteiger partial charge is 0.223 e. The highest BCUT2D eigenvalue weighted by Crippen LogP contribution is 2.19. The molecule has 0 unspecified atom stereocenters. The van der Waals surface area contributed by atoms with Crippen LogP contribution >= 0.6 is 0 Å². The maximum atomic E-state index is 12.2. The Morgan fingerprint density at radius 1 is 1.15 bits per heavy atom. The van der Waals surface area contributed by atoms with Gasteiger partial charge < -0.3 is 4.90 Å². The molecule has 0 spiro atoms. The quantitative estimate of drug-likeness (QED) is 0.834. The monoisotopic (exact) mass is 268 g/mol. The zero-order valence-electron chi connectivity index (χ0n) is 12.0. The normalized spacial score (nSPS) is 11.9. The van der Waals surface area contributed by atoms with E-state index in [2.05, 4.69) is 24.0 Å². The summed E-state index contributed by atoms with van der Waals surface area (Å²) in [5.74, 6) is 0.404. The van der Waals surface area contributed by atoms with Crippen LogP contribution in [0.2, 0.25) is 0 Å². The first-order valence-electron chi connectivity index (χ1n) is 6.84. The second-order valence-corrected chi connectivity index (χ2v) is 5.12. The van der Waals surface area contributed by atoms with Gasteiger partial charge in [0.15, 0.2) is 0 Å². The van der Waals surface area contributed by atoms with Crippen LogP contribution in [0.15, 0.2) is 54.9 Å². The molecule has 1 aromatic heterocycles. The van der Waals surface area contributed by atoms with E-state index in [1.165, 1.54) is 5.56 Å². The number of hydrogen-bond acceptors (Lipinski definition) is 2. The van der Waals surface area contributed by atoms with Gasteiger partial charge in [-0.05, 0) is 29.2 Å². The Hall–Kier alpha value is -2.16. The predicted molar refractivity (Wildman–Crippen MR) is 80.2 cm³/mol. The molecule has 0 N–H and O–H groups in total. The number of benzene rings is 1. The van der Waals surface area contributed by atoms with Gasteiger partial charge in [0.25, 0.3) is 0 Å². The Labute approximate surface area is 120 Å². The van der Waals surface area contributed by atoms with E-state index in [0.717, 1.165) is 5.56 Å². The largest absolute Gasteiger partial charge is 0.341 e. The van der Waals surface area contributed by atoms with Gasteiger partial charge in [-0.3, -0.25) is 9.78 Å². The van der Waals surface area contributed by atoms with Gasteiger partial charge in [-0.15, -0.1) is 0 Å². The summed E-state index contributed by atoms with van der Waals surface area (Å²) in [6, 6.07) is 14.0. The molecule has 3 heteroatoms. The van der Waals surface area contributed by atoms with Gasteiger partial charge in [0.2, 0.25) is 5.91 Å². The van der Waals surface area contributed by atoms with Gasteiger partial charge in [0.1, 0.15) is 0 Å². The summed E-state index contributed by atoms with van der Waals surface area (Å²) >= 11 is 0. The number of amides is 1. The molecule has 0 aliphatic rings. The Morgan fingerprint density at radius 3 is 2.45 bits per heavy atom. The fraction of sp³-hybridized carbons (Fsp3) is 0.294. The molecule has 0 aliphatic heterocycles. The summed E-state index contributed by atoms with van der Waals surface area (Å²) in [7, 11) is 1.85. The number of carbonyl (C=O) groups excluding carboxylic acids is 1. The molecule has 1 heterocycles. The van der Waals surface area contributed by atoms with Crippen molar-refractivity contribution in [2.75, 3.05) is 7.05 Å². The van der Waals surface area contributed by atoms with Crippen LogP contribution in [0.25, 0.3) is 0 Å². The van der Waals surface area contributed by atoms with Crippen molar-refractivity contribution >= 4 is 5.91 Å². The minimum atomic E-state index is 0.165. The summed E-state index contributed by atoms with van der Waals surface area (Å²) in [4.78, 5) is 18.0. The standard InChI is InChI=1S/C17H20N2O/c1-14(16-6-4-3-5-7-16)12-17(20)19(2)13-15-8-10-18-11-9-15/h3-11,14H,12-13H2,1-2H3/t14-/m0/s1. The summed E-state index contributed by atoms with van der Waals surface area (Å²) in [5.41, 5.74) is 2.31. The molecular weight excluding hydrogens is 248 g/mol. The first kappa shape index (κ1) is 14.3. The number of rotatable bonds is 5. The number of carbonyl (C=O) groups is 1. The van der Waals surface area contributed by atoms with E-state index in [1.807, 2.05) is 37.4 Å². The topological polar surface area (TPSA) is 33.2 Å². The van der Waals surface area contributed by atoms with Crippen LogP contribution in [0, 0.1) is 0 Å². The average Bonchev–Trinajstić information content (AvgIpc) is 2.49. The lowest BCUT2D eigenvalue weighted by Gasteiger charge is -2.20. The van der Waals surface area contributed by atoms with Gasteiger partial charge in [-0.1, -0.05) is 37.3 Å². The minimum absolute atomic E-state index is 0.165. The van der Waals surface area contributed by atoms with Crippen molar-refractivity contribution in [2.24, 2.45) is 0 Å². The van der Waals surface area contributed by atoms with Crippen LogP contribution in [0.1, 0.15) is 30.4 Å². The maximum absolute atomic E-state index is 12.2. The molecule has 0 bridgehead atoms. The molecule has 3 nitrogen and oxygen atoms in total. The molecular formula is C17H20N2O. The van der Waals surface area contributed by atoms with Crippen molar-refractivity contribution in [3.05, 3.63) is 66.0 Å². The second-order valence-electron chi connectivity index (χ2n) is 5.12. The van der Waals surface area contributed by atoms with E-state index in [4.69, 9.17) is 0 Å². The molecule has 1 amide bonds. The summed E-state index contributed by atoms with van der Waals surface area (Å²) < 4.78 is 0. The number of aromatic nitrogens is 1. The van der Waals surface area contributed by atoms with Crippen LogP contribution in [0.5, 0.6) is 0 Å². The lowest BCUT2D eigenvalue weighted by molar-refractivity contribution is -0.130. The van der Waals surface area contributed by atoms with Crippen LogP contribution in [-0.2, 0) is 11.3 Å². The fourth-order valence-corrected chi connectivity index (χ4v) is 2.17. The number of hydrogen-bond donors (Lipinski definition) is 0. The zero-order valence-corrected chi connectivity index (χ0v) is 12.0. The number of pyridine rings is 1. The molecule has 104 valence electrons. The molecule has 20 heavy (non-hydrogen) atoms. The first-order chi connectivity index (χ1) is 9.66. The van der Waals surface area contributed by atoms with E-state index in [-0.39, 0.29) is 11.8 Å². The highest BCUT2D eigenvalue weighted by molar-refractivity contribution is 5.76. The van der Waals surface area contributed by atoms with E-state index in [0.29, 0.717) is 13.0 Å². The molecule has 1 aromatic carbocycles. The predicted octanol–water partition coefficient (Wildman–Crippen LogP) is 3.23. The van der Waals surface area contributed by atoms with Crippen LogP contribution < -0.4 is 0 Å². The van der Waals surface area contributed by atoms with Crippen molar-refractivity contribution in [3.8, 4) is 0 Å².